The Morgan fingerprint density at radius 1 is 1.22 bits per heavy atom. The van der Waals surface area contributed by atoms with Crippen LogP contribution in [0.2, 0.25) is 0 Å². The molecule has 0 spiro atoms. The number of aliphatic hydroxyl groups is 1. The van der Waals surface area contributed by atoms with Crippen LogP contribution in [0, 0.1) is 0 Å². The molecule has 1 N–H and O–H groups in total. The van der Waals surface area contributed by atoms with E-state index in [1.54, 1.807) is 0 Å². The Hall–Kier alpha value is -1.56. The van der Waals surface area contributed by atoms with Crippen molar-refractivity contribution in [2.45, 2.75) is 18.6 Å². The smallest absolute Gasteiger partial charge is 0.231 e. The Morgan fingerprint density at radius 3 is 2.91 bits per heavy atom. The van der Waals surface area contributed by atoms with E-state index >= 15 is 0 Å². The molecule has 2 heterocycles. The highest BCUT2D eigenvalue weighted by Crippen LogP contribution is 2.56. The van der Waals surface area contributed by atoms with Crippen LogP contribution in [0.1, 0.15) is 28.8 Å². The Morgan fingerprint density at radius 2 is 2.04 bits per heavy atom. The van der Waals surface area contributed by atoms with Crippen LogP contribution in [0.15, 0.2) is 30.3 Å². The fraction of sp³-hybridized carbons (Fsp3) is 0.333. The summed E-state index contributed by atoms with van der Waals surface area (Å²) in [6, 6.07) is 10.2. The molecule has 0 radical (unpaired) electrons. The lowest BCUT2D eigenvalue weighted by Crippen LogP contribution is -3.00. The molecule has 4 nitrogen and oxygen atoms in total. The molecule has 0 aromatic heterocycles. The van der Waals surface area contributed by atoms with E-state index in [0.29, 0.717) is 0 Å². The zero-order valence-electron chi connectivity index (χ0n) is 12.8. The maximum Gasteiger partial charge on any atom is 0.231 e. The number of nitrogens with zero attached hydrogens (tertiary/aromatic N) is 1. The summed E-state index contributed by atoms with van der Waals surface area (Å²) < 4.78 is 11.4. The van der Waals surface area contributed by atoms with Crippen LogP contribution >= 0.6 is 0 Å². The standard InChI is InChI=1S/C18H17NO3.BrH/c1-19-7-6-10-8-13-18(22-9-21-13)15-11-4-2-3-5-12(11)17(20)16(19)14(10)15;/h2-5,8,16-17,20H,6-7,9H2,1H3;1H/p-1. The fourth-order valence-corrected chi connectivity index (χ4v) is 4.13. The SMILES string of the molecule is CN1CCc2cc3c(c4c2C1C(O)c1ccccc1-4)OCO3.[Br-]. The van der Waals surface area contributed by atoms with Crippen molar-refractivity contribution < 1.29 is 31.6 Å². The second-order valence-electron chi connectivity index (χ2n) is 6.27. The van der Waals surface area contributed by atoms with Crippen molar-refractivity contribution >= 4 is 0 Å². The molecular formula is C18H17BrNO3-. The van der Waals surface area contributed by atoms with Crippen molar-refractivity contribution in [3.8, 4) is 22.6 Å². The first kappa shape index (κ1) is 15.0. The van der Waals surface area contributed by atoms with Crippen molar-refractivity contribution in [2.75, 3.05) is 20.4 Å². The minimum absolute atomic E-state index is 0. The van der Waals surface area contributed by atoms with Gasteiger partial charge in [0.25, 0.3) is 0 Å². The quantitative estimate of drug-likeness (QED) is 0.685. The van der Waals surface area contributed by atoms with Crippen molar-refractivity contribution in [1.29, 1.82) is 0 Å². The van der Waals surface area contributed by atoms with Gasteiger partial charge in [0.15, 0.2) is 11.5 Å². The average molecular weight is 375 g/mol. The minimum atomic E-state index is -0.506. The van der Waals surface area contributed by atoms with E-state index in [0.717, 1.165) is 41.2 Å². The van der Waals surface area contributed by atoms with Gasteiger partial charge in [-0.25, -0.2) is 0 Å². The molecule has 23 heavy (non-hydrogen) atoms. The summed E-state index contributed by atoms with van der Waals surface area (Å²) in [4.78, 5) is 2.24. The summed E-state index contributed by atoms with van der Waals surface area (Å²) in [6.07, 6.45) is 0.467. The van der Waals surface area contributed by atoms with Gasteiger partial charge in [-0.3, -0.25) is 4.90 Å². The van der Waals surface area contributed by atoms with Crippen molar-refractivity contribution in [2.24, 2.45) is 0 Å². The third-order valence-electron chi connectivity index (χ3n) is 5.14. The highest BCUT2D eigenvalue weighted by Gasteiger charge is 2.42. The summed E-state index contributed by atoms with van der Waals surface area (Å²) >= 11 is 0. The van der Waals surface area contributed by atoms with E-state index in [-0.39, 0.29) is 29.8 Å². The monoisotopic (exact) mass is 374 g/mol. The topological polar surface area (TPSA) is 41.9 Å². The molecule has 2 unspecified atom stereocenters. The van der Waals surface area contributed by atoms with Crippen LogP contribution in [-0.2, 0) is 6.42 Å². The lowest BCUT2D eigenvalue weighted by molar-refractivity contribution is -0.00000905. The van der Waals surface area contributed by atoms with Crippen LogP contribution < -0.4 is 26.5 Å². The number of hydrogen-bond acceptors (Lipinski definition) is 4. The lowest BCUT2D eigenvalue weighted by atomic mass is 9.75. The molecule has 3 aliphatic rings. The normalized spacial score (nSPS) is 23.7. The highest BCUT2D eigenvalue weighted by atomic mass is 79.9. The first-order chi connectivity index (χ1) is 10.8. The Labute approximate surface area is 145 Å². The summed E-state index contributed by atoms with van der Waals surface area (Å²) in [5.74, 6) is 1.67. The van der Waals surface area contributed by atoms with Gasteiger partial charge in [0, 0.05) is 12.1 Å². The van der Waals surface area contributed by atoms with Crippen LogP contribution in [-0.4, -0.2) is 30.4 Å². The average Bonchev–Trinajstić information content (AvgIpc) is 3.00. The number of aliphatic hydroxyl groups excluding tert-OH is 1. The van der Waals surface area contributed by atoms with Gasteiger partial charge in [0.2, 0.25) is 6.79 Å². The molecule has 2 atom stereocenters. The highest BCUT2D eigenvalue weighted by molar-refractivity contribution is 5.84. The van der Waals surface area contributed by atoms with Crippen molar-refractivity contribution in [1.82, 2.24) is 4.90 Å². The molecule has 0 bridgehead atoms. The number of benzene rings is 2. The van der Waals surface area contributed by atoms with E-state index < -0.39 is 6.10 Å². The molecule has 2 aliphatic heterocycles. The maximum atomic E-state index is 10.9. The van der Waals surface area contributed by atoms with Crippen LogP contribution in [0.3, 0.4) is 0 Å². The van der Waals surface area contributed by atoms with Gasteiger partial charge < -0.3 is 31.6 Å². The molecule has 120 valence electrons. The third kappa shape index (κ3) is 1.90. The molecular weight excluding hydrogens is 358 g/mol. The molecule has 1 aliphatic carbocycles. The van der Waals surface area contributed by atoms with Crippen LogP contribution in [0.4, 0.5) is 0 Å². The van der Waals surface area contributed by atoms with Gasteiger partial charge in [0.1, 0.15) is 0 Å². The lowest BCUT2D eigenvalue weighted by Gasteiger charge is -2.42. The maximum absolute atomic E-state index is 10.9. The van der Waals surface area contributed by atoms with E-state index in [9.17, 15) is 5.11 Å². The largest absolute Gasteiger partial charge is 1.00 e. The molecule has 0 saturated heterocycles. The summed E-state index contributed by atoms with van der Waals surface area (Å²) in [6.45, 7) is 1.21. The van der Waals surface area contributed by atoms with Gasteiger partial charge in [0.05, 0.1) is 12.1 Å². The number of halogens is 1. The summed E-state index contributed by atoms with van der Waals surface area (Å²) in [5.41, 5.74) is 5.64. The molecule has 5 heteroatoms. The van der Waals surface area contributed by atoms with Gasteiger partial charge in [-0.2, -0.15) is 0 Å². The zero-order valence-corrected chi connectivity index (χ0v) is 14.3. The first-order valence-electron chi connectivity index (χ1n) is 7.68. The van der Waals surface area contributed by atoms with Crippen LogP contribution in [0.25, 0.3) is 11.1 Å². The molecule has 0 fully saturated rings. The van der Waals surface area contributed by atoms with Gasteiger partial charge in [-0.1, -0.05) is 24.3 Å². The van der Waals surface area contributed by atoms with E-state index in [2.05, 4.69) is 24.1 Å². The zero-order chi connectivity index (χ0) is 14.8. The predicted molar refractivity (Wildman–Crippen MR) is 82.0 cm³/mol. The van der Waals surface area contributed by atoms with Gasteiger partial charge in [-0.05, 0) is 41.8 Å². The van der Waals surface area contributed by atoms with Gasteiger partial charge >= 0.3 is 0 Å². The van der Waals surface area contributed by atoms with E-state index in [1.807, 2.05) is 18.2 Å². The van der Waals surface area contributed by atoms with Crippen molar-refractivity contribution in [3.63, 3.8) is 0 Å². The molecule has 2 aromatic carbocycles. The Kier molecular flexibility index (Phi) is 3.41. The Bertz CT molecular complexity index is 792. The second kappa shape index (κ2) is 5.23. The molecule has 5 rings (SSSR count). The number of rotatable bonds is 0. The van der Waals surface area contributed by atoms with E-state index in [4.69, 9.17) is 9.47 Å². The summed E-state index contributed by atoms with van der Waals surface area (Å²) in [7, 11) is 2.08. The van der Waals surface area contributed by atoms with Crippen molar-refractivity contribution in [3.05, 3.63) is 47.0 Å². The van der Waals surface area contributed by atoms with Gasteiger partial charge in [-0.15, -0.1) is 0 Å². The molecule has 0 saturated carbocycles. The fourth-order valence-electron chi connectivity index (χ4n) is 4.13. The Balaban J connectivity index is 0.00000135. The number of fused-ring (bicyclic) bond motifs is 4. The summed E-state index contributed by atoms with van der Waals surface area (Å²) in [5, 5.41) is 10.9. The van der Waals surface area contributed by atoms with E-state index in [1.165, 1.54) is 11.1 Å². The molecule has 2 aromatic rings. The minimum Gasteiger partial charge on any atom is -1.00 e. The number of hydrogen-bond donors (Lipinski definition) is 1. The number of ether oxygens (including phenoxy) is 2. The second-order valence-corrected chi connectivity index (χ2v) is 6.27. The predicted octanol–water partition coefficient (Wildman–Crippen LogP) is -0.338. The number of likely N-dealkylation sites (N-methyl/N-ethyl adjacent to an activating group) is 1. The third-order valence-corrected chi connectivity index (χ3v) is 5.14. The first-order valence-corrected chi connectivity index (χ1v) is 7.68. The van der Waals surface area contributed by atoms with Crippen LogP contribution in [0.5, 0.6) is 11.5 Å². The molecule has 0 amide bonds.